The van der Waals surface area contributed by atoms with Crippen LogP contribution in [-0.2, 0) is 16.0 Å². The van der Waals surface area contributed by atoms with Crippen molar-refractivity contribution in [2.24, 2.45) is 0 Å². The molecule has 0 saturated carbocycles. The van der Waals surface area contributed by atoms with E-state index in [1.165, 1.54) is 12.1 Å². The maximum Gasteiger partial charge on any atom is 0.311 e. The average molecular weight is 575 g/mol. The number of aryl methyl sites for hydroxylation is 1. The van der Waals surface area contributed by atoms with E-state index in [-0.39, 0.29) is 29.2 Å². The van der Waals surface area contributed by atoms with Gasteiger partial charge in [0, 0.05) is 43.4 Å². The van der Waals surface area contributed by atoms with Gasteiger partial charge in [-0.3, -0.25) is 14.7 Å². The Labute approximate surface area is 249 Å². The fourth-order valence-corrected chi connectivity index (χ4v) is 6.11. The van der Waals surface area contributed by atoms with Crippen LogP contribution in [0.1, 0.15) is 87.0 Å². The molecule has 0 spiro atoms. The molecule has 0 aliphatic carbocycles. The van der Waals surface area contributed by atoms with Crippen LogP contribution in [0.2, 0.25) is 0 Å². The Morgan fingerprint density at radius 3 is 2.57 bits per heavy atom. The monoisotopic (exact) mass is 574 g/mol. The number of pyridine rings is 1. The van der Waals surface area contributed by atoms with Gasteiger partial charge in [0.2, 0.25) is 0 Å². The van der Waals surface area contributed by atoms with Crippen LogP contribution in [0.5, 0.6) is 11.5 Å². The van der Waals surface area contributed by atoms with Crippen LogP contribution < -0.4 is 9.47 Å². The number of aromatic nitrogens is 1. The number of hydrogen-bond donors (Lipinski definition) is 0. The van der Waals surface area contributed by atoms with E-state index in [9.17, 15) is 9.18 Å². The van der Waals surface area contributed by atoms with E-state index in [1.807, 2.05) is 36.7 Å². The van der Waals surface area contributed by atoms with Gasteiger partial charge in [-0.05, 0) is 112 Å². The Balaban J connectivity index is 1.37. The van der Waals surface area contributed by atoms with Gasteiger partial charge in [-0.1, -0.05) is 19.1 Å². The number of rotatable bonds is 11. The van der Waals surface area contributed by atoms with E-state index in [2.05, 4.69) is 42.8 Å². The Hall–Kier alpha value is -3.29. The minimum Gasteiger partial charge on any atom is -0.487 e. The summed E-state index contributed by atoms with van der Waals surface area (Å²) in [5.74, 6) is 1.20. The molecule has 3 heterocycles. The average Bonchev–Trinajstić information content (AvgIpc) is 2.98. The molecular weight excluding hydrogens is 531 g/mol. The highest BCUT2D eigenvalue weighted by atomic mass is 19.1. The molecule has 2 aliphatic rings. The van der Waals surface area contributed by atoms with Gasteiger partial charge in [-0.2, -0.15) is 0 Å². The van der Waals surface area contributed by atoms with E-state index in [1.54, 1.807) is 0 Å². The summed E-state index contributed by atoms with van der Waals surface area (Å²) in [7, 11) is 0. The topological polar surface area (TPSA) is 60.9 Å². The van der Waals surface area contributed by atoms with Crippen LogP contribution in [0.4, 0.5) is 4.39 Å². The second-order valence-corrected chi connectivity index (χ2v) is 12.3. The number of nitrogens with zero attached hydrogens (tertiary/aromatic N) is 2. The summed E-state index contributed by atoms with van der Waals surface area (Å²) in [4.78, 5) is 19.8. The third-order valence-corrected chi connectivity index (χ3v) is 8.43. The summed E-state index contributed by atoms with van der Waals surface area (Å²) >= 11 is 0. The molecule has 224 valence electrons. The summed E-state index contributed by atoms with van der Waals surface area (Å²) < 4.78 is 31.5. The van der Waals surface area contributed by atoms with Gasteiger partial charge in [0.15, 0.2) is 0 Å². The van der Waals surface area contributed by atoms with Gasteiger partial charge in [0.05, 0.1) is 13.2 Å². The fraction of sp³-hybridized carbons (Fsp3) is 0.486. The second kappa shape index (κ2) is 13.8. The number of esters is 1. The number of fused-ring (bicyclic) bond motifs is 1. The minimum absolute atomic E-state index is 0.0192. The van der Waals surface area contributed by atoms with Crippen molar-refractivity contribution in [3.05, 3.63) is 89.0 Å². The largest absolute Gasteiger partial charge is 0.487 e. The summed E-state index contributed by atoms with van der Waals surface area (Å²) in [6, 6.07) is 15.0. The van der Waals surface area contributed by atoms with Crippen molar-refractivity contribution in [2.45, 2.75) is 76.7 Å². The number of benzene rings is 2. The molecule has 1 fully saturated rings. The minimum atomic E-state index is -0.384. The molecule has 6 nitrogen and oxygen atoms in total. The second-order valence-electron chi connectivity index (χ2n) is 12.3. The lowest BCUT2D eigenvalue weighted by atomic mass is 9.79. The van der Waals surface area contributed by atoms with E-state index < -0.39 is 0 Å². The SMILES string of the molecule is CC(CCCc1ccc(F)cc1)c1cc(OC(=O)CCCN2CCOCC2)c2c(c1)OC(C)(C)CC2c1ccncc1. The predicted octanol–water partition coefficient (Wildman–Crippen LogP) is 7.06. The lowest BCUT2D eigenvalue weighted by Gasteiger charge is -2.39. The lowest BCUT2D eigenvalue weighted by Crippen LogP contribution is -2.37. The highest BCUT2D eigenvalue weighted by Gasteiger charge is 2.38. The summed E-state index contributed by atoms with van der Waals surface area (Å²) in [5, 5.41) is 0. The summed E-state index contributed by atoms with van der Waals surface area (Å²) in [5.41, 5.74) is 3.91. The predicted molar refractivity (Wildman–Crippen MR) is 162 cm³/mol. The molecule has 42 heavy (non-hydrogen) atoms. The molecule has 3 aromatic rings. The Morgan fingerprint density at radius 2 is 1.83 bits per heavy atom. The van der Waals surface area contributed by atoms with Gasteiger partial charge in [0.1, 0.15) is 22.9 Å². The first-order valence-electron chi connectivity index (χ1n) is 15.3. The lowest BCUT2D eigenvalue weighted by molar-refractivity contribution is -0.134. The zero-order valence-corrected chi connectivity index (χ0v) is 25.1. The van der Waals surface area contributed by atoms with Gasteiger partial charge in [-0.15, -0.1) is 0 Å². The summed E-state index contributed by atoms with van der Waals surface area (Å²) in [6.07, 6.45) is 8.28. The molecule has 0 N–H and O–H groups in total. The van der Waals surface area contributed by atoms with Crippen molar-refractivity contribution in [1.29, 1.82) is 0 Å². The fourth-order valence-electron chi connectivity index (χ4n) is 6.11. The van der Waals surface area contributed by atoms with Crippen molar-refractivity contribution in [2.75, 3.05) is 32.8 Å². The smallest absolute Gasteiger partial charge is 0.311 e. The van der Waals surface area contributed by atoms with Gasteiger partial charge in [-0.25, -0.2) is 4.39 Å². The number of ether oxygens (including phenoxy) is 3. The number of carbonyl (C=O) groups excluding carboxylic acids is 1. The Bertz CT molecular complexity index is 1320. The molecule has 2 aliphatic heterocycles. The van der Waals surface area contributed by atoms with Crippen molar-refractivity contribution in [1.82, 2.24) is 9.88 Å². The van der Waals surface area contributed by atoms with Crippen LogP contribution in [0.15, 0.2) is 60.9 Å². The van der Waals surface area contributed by atoms with Crippen molar-refractivity contribution in [3.8, 4) is 11.5 Å². The first-order chi connectivity index (χ1) is 20.3. The molecule has 0 radical (unpaired) electrons. The quantitative estimate of drug-likeness (QED) is 0.181. The highest BCUT2D eigenvalue weighted by molar-refractivity contribution is 5.74. The van der Waals surface area contributed by atoms with Crippen LogP contribution in [0.25, 0.3) is 0 Å². The zero-order valence-electron chi connectivity index (χ0n) is 25.1. The molecule has 0 amide bonds. The maximum absolute atomic E-state index is 13.3. The molecule has 0 bridgehead atoms. The van der Waals surface area contributed by atoms with Gasteiger partial charge in [0.25, 0.3) is 0 Å². The van der Waals surface area contributed by atoms with E-state index in [4.69, 9.17) is 14.2 Å². The Morgan fingerprint density at radius 1 is 1.10 bits per heavy atom. The van der Waals surface area contributed by atoms with Gasteiger partial charge >= 0.3 is 5.97 Å². The van der Waals surface area contributed by atoms with E-state index in [0.29, 0.717) is 12.2 Å². The third-order valence-electron chi connectivity index (χ3n) is 8.43. The maximum atomic E-state index is 13.3. The molecule has 7 heteroatoms. The van der Waals surface area contributed by atoms with Crippen molar-refractivity contribution in [3.63, 3.8) is 0 Å². The normalized spacial score (nSPS) is 19.0. The van der Waals surface area contributed by atoms with Crippen LogP contribution in [0.3, 0.4) is 0 Å². The molecule has 2 unspecified atom stereocenters. The molecule has 2 aromatic carbocycles. The molecule has 1 saturated heterocycles. The third kappa shape index (κ3) is 7.96. The number of hydrogen-bond acceptors (Lipinski definition) is 6. The van der Waals surface area contributed by atoms with E-state index in [0.717, 1.165) is 93.0 Å². The standard InChI is InChI=1S/C35H43FN2O4/c1-25(6-4-7-26-9-11-29(36)12-10-26)28-22-31(41-33(39)8-5-17-38-18-20-40-21-19-38)34-30(27-13-15-37-16-14-27)24-35(2,3)42-32(34)23-28/h9-16,22-23,25,30H,4-8,17-21,24H2,1-3H3. The first kappa shape index (κ1) is 30.2. The van der Waals surface area contributed by atoms with Gasteiger partial charge < -0.3 is 14.2 Å². The molecular formula is C35H43FN2O4. The summed E-state index contributed by atoms with van der Waals surface area (Å²) in [6.45, 7) is 10.6. The highest BCUT2D eigenvalue weighted by Crippen LogP contribution is 2.50. The molecule has 5 rings (SSSR count). The van der Waals surface area contributed by atoms with Crippen molar-refractivity contribution >= 4 is 5.97 Å². The first-order valence-corrected chi connectivity index (χ1v) is 15.3. The zero-order chi connectivity index (χ0) is 29.5. The Kier molecular flexibility index (Phi) is 9.91. The van der Waals surface area contributed by atoms with Crippen LogP contribution in [0, 0.1) is 5.82 Å². The van der Waals surface area contributed by atoms with Crippen LogP contribution >= 0.6 is 0 Å². The van der Waals surface area contributed by atoms with E-state index >= 15 is 0 Å². The number of halogens is 1. The molecule has 2 atom stereocenters. The number of morpholine rings is 1. The van der Waals surface area contributed by atoms with Crippen LogP contribution in [-0.4, -0.2) is 54.3 Å². The molecule has 1 aromatic heterocycles. The van der Waals surface area contributed by atoms with Crippen molar-refractivity contribution < 1.29 is 23.4 Å². The number of carbonyl (C=O) groups is 1.